The third-order valence-electron chi connectivity index (χ3n) is 1.56. The van der Waals surface area contributed by atoms with Gasteiger partial charge >= 0.3 is 0 Å². The van der Waals surface area contributed by atoms with Crippen LogP contribution in [0.25, 0.3) is 0 Å². The summed E-state index contributed by atoms with van der Waals surface area (Å²) in [6.45, 7) is 4.05. The molecule has 0 fully saturated rings. The second kappa shape index (κ2) is 3.07. The quantitative estimate of drug-likeness (QED) is 0.581. The highest BCUT2D eigenvalue weighted by molar-refractivity contribution is 6.31. The van der Waals surface area contributed by atoms with Crippen LogP contribution in [0.15, 0.2) is 18.2 Å². The van der Waals surface area contributed by atoms with Gasteiger partial charge in [0.25, 0.3) is 0 Å². The van der Waals surface area contributed by atoms with E-state index in [0.29, 0.717) is 0 Å². The molecule has 0 spiro atoms. The van der Waals surface area contributed by atoms with Crippen molar-refractivity contribution in [3.63, 3.8) is 0 Å². The topological polar surface area (TPSA) is 0 Å². The zero-order valence-corrected chi connectivity index (χ0v) is 6.94. The lowest BCUT2D eigenvalue weighted by atomic mass is 10.1. The Hall–Kier alpha value is -0.490. The summed E-state index contributed by atoms with van der Waals surface area (Å²) in [6.07, 6.45) is 2.03. The fraction of sp³-hybridized carbons (Fsp3) is 0.222. The number of hydrogen-bond acceptors (Lipinski definition) is 0. The summed E-state index contributed by atoms with van der Waals surface area (Å²) < 4.78 is 0. The van der Waals surface area contributed by atoms with Crippen LogP contribution in [-0.4, -0.2) is 0 Å². The molecule has 0 saturated carbocycles. The second-order valence-electron chi connectivity index (χ2n) is 2.26. The minimum atomic E-state index is 0.836. The number of halogens is 1. The molecule has 0 unspecified atom stereocenters. The van der Waals surface area contributed by atoms with Gasteiger partial charge in [-0.2, -0.15) is 0 Å². The molecular weight excluding hydrogens is 144 g/mol. The summed E-state index contributed by atoms with van der Waals surface area (Å²) in [7, 11) is 0. The number of rotatable bonds is 1. The van der Waals surface area contributed by atoms with Gasteiger partial charge in [-0.3, -0.25) is 0 Å². The standard InChI is InChI=1S/C9H10Cl/c1-3-8-7(2)5-4-6-9(8)10/h3-6H,1-2H3. The van der Waals surface area contributed by atoms with Gasteiger partial charge < -0.3 is 0 Å². The Morgan fingerprint density at radius 1 is 1.40 bits per heavy atom. The third-order valence-corrected chi connectivity index (χ3v) is 1.89. The van der Waals surface area contributed by atoms with Crippen molar-refractivity contribution in [1.29, 1.82) is 0 Å². The first kappa shape index (κ1) is 7.62. The first-order valence-electron chi connectivity index (χ1n) is 3.30. The normalized spacial score (nSPS) is 9.90. The lowest BCUT2D eigenvalue weighted by molar-refractivity contribution is 1.33. The van der Waals surface area contributed by atoms with Gasteiger partial charge in [0.2, 0.25) is 0 Å². The molecule has 53 valence electrons. The lowest BCUT2D eigenvalue weighted by Gasteiger charge is -2.02. The van der Waals surface area contributed by atoms with Gasteiger partial charge in [-0.25, -0.2) is 0 Å². The van der Waals surface area contributed by atoms with Gasteiger partial charge in [-0.1, -0.05) is 30.7 Å². The van der Waals surface area contributed by atoms with Crippen LogP contribution in [0.5, 0.6) is 0 Å². The first-order chi connectivity index (χ1) is 4.75. The predicted octanol–water partition coefficient (Wildman–Crippen LogP) is 3.22. The van der Waals surface area contributed by atoms with Crippen LogP contribution in [0, 0.1) is 13.3 Å². The van der Waals surface area contributed by atoms with Crippen LogP contribution in [0.1, 0.15) is 18.1 Å². The fourth-order valence-electron chi connectivity index (χ4n) is 1.01. The molecule has 1 aromatic rings. The molecule has 10 heavy (non-hydrogen) atoms. The largest absolute Gasteiger partial charge is 0.0840 e. The molecule has 0 aliphatic rings. The molecule has 1 radical (unpaired) electrons. The van der Waals surface area contributed by atoms with Crippen LogP contribution in [0.2, 0.25) is 5.02 Å². The maximum atomic E-state index is 5.90. The zero-order valence-electron chi connectivity index (χ0n) is 6.19. The van der Waals surface area contributed by atoms with Crippen molar-refractivity contribution in [2.45, 2.75) is 13.8 Å². The first-order valence-corrected chi connectivity index (χ1v) is 3.68. The van der Waals surface area contributed by atoms with Crippen molar-refractivity contribution in [3.05, 3.63) is 40.8 Å². The molecule has 1 heteroatoms. The van der Waals surface area contributed by atoms with Gasteiger partial charge in [0.05, 0.1) is 0 Å². The molecule has 0 nitrogen and oxygen atoms in total. The lowest BCUT2D eigenvalue weighted by Crippen LogP contribution is -1.83. The average molecular weight is 154 g/mol. The number of aryl methyl sites for hydroxylation is 1. The summed E-state index contributed by atoms with van der Waals surface area (Å²) in [5.41, 5.74) is 2.37. The van der Waals surface area contributed by atoms with E-state index in [4.69, 9.17) is 11.6 Å². The highest BCUT2D eigenvalue weighted by Crippen LogP contribution is 2.20. The van der Waals surface area contributed by atoms with Crippen LogP contribution in [-0.2, 0) is 0 Å². The predicted molar refractivity (Wildman–Crippen MR) is 45.3 cm³/mol. The molecule has 1 rings (SSSR count). The van der Waals surface area contributed by atoms with Crippen molar-refractivity contribution >= 4 is 11.6 Å². The van der Waals surface area contributed by atoms with E-state index in [9.17, 15) is 0 Å². The Morgan fingerprint density at radius 3 is 2.50 bits per heavy atom. The molecule has 0 amide bonds. The number of hydrogen-bond donors (Lipinski definition) is 0. The van der Waals surface area contributed by atoms with Gasteiger partial charge in [-0.05, 0) is 30.5 Å². The van der Waals surface area contributed by atoms with Crippen molar-refractivity contribution in [1.82, 2.24) is 0 Å². The molecule has 0 N–H and O–H groups in total. The Balaban J connectivity index is 3.17. The van der Waals surface area contributed by atoms with Crippen molar-refractivity contribution < 1.29 is 0 Å². The Kier molecular flexibility index (Phi) is 2.34. The monoisotopic (exact) mass is 153 g/mol. The molecule has 0 bridgehead atoms. The Morgan fingerprint density at radius 2 is 2.10 bits per heavy atom. The van der Waals surface area contributed by atoms with Gasteiger partial charge in [0.15, 0.2) is 0 Å². The van der Waals surface area contributed by atoms with E-state index < -0.39 is 0 Å². The van der Waals surface area contributed by atoms with Crippen LogP contribution < -0.4 is 0 Å². The molecule has 0 aliphatic heterocycles. The van der Waals surface area contributed by atoms with Gasteiger partial charge in [0, 0.05) is 5.02 Å². The zero-order chi connectivity index (χ0) is 7.56. The molecule has 0 aromatic heterocycles. The summed E-state index contributed by atoms with van der Waals surface area (Å²) in [6, 6.07) is 5.93. The summed E-state index contributed by atoms with van der Waals surface area (Å²) >= 11 is 5.90. The molecule has 0 aliphatic carbocycles. The molecule has 0 heterocycles. The maximum absolute atomic E-state index is 5.90. The Bertz CT molecular complexity index is 208. The van der Waals surface area contributed by atoms with Crippen LogP contribution in [0.4, 0.5) is 0 Å². The average Bonchev–Trinajstić information content (AvgIpc) is 1.88. The highest BCUT2D eigenvalue weighted by atomic mass is 35.5. The van der Waals surface area contributed by atoms with E-state index in [1.807, 2.05) is 25.5 Å². The number of benzene rings is 1. The van der Waals surface area contributed by atoms with Crippen LogP contribution in [0.3, 0.4) is 0 Å². The van der Waals surface area contributed by atoms with Crippen molar-refractivity contribution in [3.8, 4) is 0 Å². The third kappa shape index (κ3) is 1.32. The highest BCUT2D eigenvalue weighted by Gasteiger charge is 1.98. The summed E-state index contributed by atoms with van der Waals surface area (Å²) in [5.74, 6) is 0. The van der Waals surface area contributed by atoms with E-state index in [0.717, 1.165) is 10.6 Å². The molecule has 1 aromatic carbocycles. The van der Waals surface area contributed by atoms with Gasteiger partial charge in [0.1, 0.15) is 0 Å². The van der Waals surface area contributed by atoms with Gasteiger partial charge in [-0.15, -0.1) is 0 Å². The van der Waals surface area contributed by atoms with E-state index in [1.165, 1.54) is 5.56 Å². The van der Waals surface area contributed by atoms with E-state index in [2.05, 4.69) is 13.0 Å². The molecule has 0 saturated heterocycles. The van der Waals surface area contributed by atoms with Crippen molar-refractivity contribution in [2.24, 2.45) is 0 Å². The summed E-state index contributed by atoms with van der Waals surface area (Å²) in [4.78, 5) is 0. The van der Waals surface area contributed by atoms with Crippen molar-refractivity contribution in [2.75, 3.05) is 0 Å². The van der Waals surface area contributed by atoms with E-state index >= 15 is 0 Å². The summed E-state index contributed by atoms with van der Waals surface area (Å²) in [5, 5.41) is 0.836. The Labute approximate surface area is 66.8 Å². The smallest absolute Gasteiger partial charge is 0.0443 e. The molecule has 0 atom stereocenters. The fourth-order valence-corrected chi connectivity index (χ4v) is 1.34. The minimum Gasteiger partial charge on any atom is -0.0840 e. The second-order valence-corrected chi connectivity index (χ2v) is 2.67. The van der Waals surface area contributed by atoms with E-state index in [1.54, 1.807) is 0 Å². The molecular formula is C9H10Cl. The minimum absolute atomic E-state index is 0.836. The SMILES string of the molecule is C[CH]c1c(C)cccc1Cl. The van der Waals surface area contributed by atoms with E-state index in [-0.39, 0.29) is 0 Å². The maximum Gasteiger partial charge on any atom is 0.0443 e. The van der Waals surface area contributed by atoms with Crippen LogP contribution >= 0.6 is 11.6 Å².